The zero-order valence-electron chi connectivity index (χ0n) is 13.9. The maximum Gasteiger partial charge on any atom is 0.258 e. The second kappa shape index (κ2) is 8.22. The smallest absolute Gasteiger partial charge is 0.258 e. The number of carbonyl (C=O) groups is 1. The minimum Gasteiger partial charge on any atom is -0.492 e. The van der Waals surface area contributed by atoms with Crippen molar-refractivity contribution in [2.24, 2.45) is 0 Å². The Kier molecular flexibility index (Phi) is 6.03. The van der Waals surface area contributed by atoms with Crippen LogP contribution in [0.2, 0.25) is 0 Å². The highest BCUT2D eigenvalue weighted by atomic mass is 16.5. The molecule has 23 heavy (non-hydrogen) atoms. The lowest BCUT2D eigenvalue weighted by atomic mass is 10.1. The second-order valence-corrected chi connectivity index (χ2v) is 5.62. The van der Waals surface area contributed by atoms with E-state index in [1.807, 2.05) is 57.2 Å². The summed E-state index contributed by atoms with van der Waals surface area (Å²) in [5.41, 5.74) is 3.42. The van der Waals surface area contributed by atoms with Crippen LogP contribution in [0.1, 0.15) is 16.7 Å². The normalized spacial score (nSPS) is 10.2. The van der Waals surface area contributed by atoms with Gasteiger partial charge in [0, 0.05) is 0 Å². The molecule has 0 bridgehead atoms. The average molecular weight is 313 g/mol. The van der Waals surface area contributed by atoms with Crippen molar-refractivity contribution in [3.8, 4) is 11.5 Å². The molecule has 0 atom stereocenters. The number of aryl methyl sites for hydroxylation is 3. The fourth-order valence-electron chi connectivity index (χ4n) is 2.21. The average Bonchev–Trinajstić information content (AvgIpc) is 2.50. The van der Waals surface area contributed by atoms with Crippen LogP contribution in [0.3, 0.4) is 0 Å². The lowest BCUT2D eigenvalue weighted by molar-refractivity contribution is -0.123. The summed E-state index contributed by atoms with van der Waals surface area (Å²) in [6.07, 6.45) is 0. The van der Waals surface area contributed by atoms with E-state index in [1.54, 1.807) is 0 Å². The number of nitrogens with one attached hydrogen (secondary N) is 1. The molecule has 1 N–H and O–H groups in total. The van der Waals surface area contributed by atoms with Crippen LogP contribution in [0.4, 0.5) is 0 Å². The van der Waals surface area contributed by atoms with Gasteiger partial charge < -0.3 is 14.8 Å². The van der Waals surface area contributed by atoms with E-state index in [9.17, 15) is 4.79 Å². The lowest BCUT2D eigenvalue weighted by Gasteiger charge is -2.10. The predicted molar refractivity (Wildman–Crippen MR) is 91.1 cm³/mol. The molecule has 0 heterocycles. The third-order valence-corrected chi connectivity index (χ3v) is 3.28. The Morgan fingerprint density at radius 1 is 0.870 bits per heavy atom. The Hall–Kier alpha value is -2.49. The van der Waals surface area contributed by atoms with E-state index in [2.05, 4.69) is 11.4 Å². The molecule has 0 spiro atoms. The van der Waals surface area contributed by atoms with Gasteiger partial charge in [0.05, 0.1) is 6.54 Å². The van der Waals surface area contributed by atoms with E-state index in [0.29, 0.717) is 18.9 Å². The molecule has 1 amide bonds. The SMILES string of the molecule is Cc1ccc(OCCNC(=O)COc2cc(C)cc(C)c2)cc1. The number of carbonyl (C=O) groups excluding carboxylic acids is 1. The highest BCUT2D eigenvalue weighted by Gasteiger charge is 2.03. The van der Waals surface area contributed by atoms with E-state index in [0.717, 1.165) is 16.9 Å². The summed E-state index contributed by atoms with van der Waals surface area (Å²) < 4.78 is 11.1. The highest BCUT2D eigenvalue weighted by Crippen LogP contribution is 2.16. The van der Waals surface area contributed by atoms with Gasteiger partial charge in [-0.15, -0.1) is 0 Å². The highest BCUT2D eigenvalue weighted by molar-refractivity contribution is 5.77. The number of hydrogen-bond donors (Lipinski definition) is 1. The standard InChI is InChI=1S/C19H23NO3/c1-14-4-6-17(7-5-14)22-9-8-20-19(21)13-23-18-11-15(2)10-16(3)12-18/h4-7,10-12H,8-9,13H2,1-3H3,(H,20,21). The molecule has 0 aliphatic heterocycles. The molecule has 0 saturated carbocycles. The molecular weight excluding hydrogens is 290 g/mol. The molecule has 0 radical (unpaired) electrons. The van der Waals surface area contributed by atoms with Gasteiger partial charge in [-0.25, -0.2) is 0 Å². The first kappa shape index (κ1) is 16.9. The quantitative estimate of drug-likeness (QED) is 0.799. The minimum absolute atomic E-state index is 0.00737. The van der Waals surface area contributed by atoms with Gasteiger partial charge in [0.2, 0.25) is 0 Å². The molecule has 0 unspecified atom stereocenters. The number of rotatable bonds is 7. The largest absolute Gasteiger partial charge is 0.492 e. The van der Waals surface area contributed by atoms with Crippen LogP contribution in [0.5, 0.6) is 11.5 Å². The lowest BCUT2D eigenvalue weighted by Crippen LogP contribution is -2.32. The Morgan fingerprint density at radius 2 is 1.52 bits per heavy atom. The zero-order chi connectivity index (χ0) is 16.7. The van der Waals surface area contributed by atoms with E-state index in [4.69, 9.17) is 9.47 Å². The second-order valence-electron chi connectivity index (χ2n) is 5.62. The summed E-state index contributed by atoms with van der Waals surface area (Å²) in [6.45, 7) is 6.92. The molecule has 0 saturated heterocycles. The molecule has 4 heteroatoms. The van der Waals surface area contributed by atoms with Crippen LogP contribution in [0.25, 0.3) is 0 Å². The summed E-state index contributed by atoms with van der Waals surface area (Å²) in [7, 11) is 0. The van der Waals surface area contributed by atoms with Gasteiger partial charge in [0.1, 0.15) is 18.1 Å². The molecule has 0 fully saturated rings. The topological polar surface area (TPSA) is 47.6 Å². The van der Waals surface area contributed by atoms with Crippen LogP contribution in [0.15, 0.2) is 42.5 Å². The van der Waals surface area contributed by atoms with Crippen LogP contribution in [-0.2, 0) is 4.79 Å². The molecule has 0 aliphatic carbocycles. The summed E-state index contributed by atoms with van der Waals surface area (Å²) in [5, 5.41) is 2.77. The molecule has 4 nitrogen and oxygen atoms in total. The Bertz CT molecular complexity index is 630. The van der Waals surface area contributed by atoms with Crippen molar-refractivity contribution in [1.82, 2.24) is 5.32 Å². The van der Waals surface area contributed by atoms with Crippen LogP contribution < -0.4 is 14.8 Å². The fourth-order valence-corrected chi connectivity index (χ4v) is 2.21. The van der Waals surface area contributed by atoms with Gasteiger partial charge in [-0.1, -0.05) is 23.8 Å². The van der Waals surface area contributed by atoms with Crippen LogP contribution >= 0.6 is 0 Å². The summed E-state index contributed by atoms with van der Waals surface area (Å²) in [4.78, 5) is 11.8. The molecule has 122 valence electrons. The van der Waals surface area contributed by atoms with Gasteiger partial charge >= 0.3 is 0 Å². The van der Waals surface area contributed by atoms with Crippen LogP contribution in [0, 0.1) is 20.8 Å². The van der Waals surface area contributed by atoms with Crippen LogP contribution in [-0.4, -0.2) is 25.7 Å². The van der Waals surface area contributed by atoms with Crippen molar-refractivity contribution in [3.05, 3.63) is 59.2 Å². The van der Waals surface area contributed by atoms with Crippen molar-refractivity contribution >= 4 is 5.91 Å². The third-order valence-electron chi connectivity index (χ3n) is 3.28. The molecule has 2 aromatic rings. The summed E-state index contributed by atoms with van der Waals surface area (Å²) in [5.74, 6) is 1.36. The Morgan fingerprint density at radius 3 is 2.17 bits per heavy atom. The van der Waals surface area contributed by atoms with Crippen molar-refractivity contribution < 1.29 is 14.3 Å². The number of hydrogen-bond acceptors (Lipinski definition) is 3. The Labute approximate surface area is 137 Å². The van der Waals surface area contributed by atoms with Gasteiger partial charge in [-0.3, -0.25) is 4.79 Å². The summed E-state index contributed by atoms with van der Waals surface area (Å²) >= 11 is 0. The maximum atomic E-state index is 11.8. The zero-order valence-corrected chi connectivity index (χ0v) is 13.9. The minimum atomic E-state index is -0.156. The van der Waals surface area contributed by atoms with Crippen molar-refractivity contribution in [3.63, 3.8) is 0 Å². The molecule has 2 aromatic carbocycles. The van der Waals surface area contributed by atoms with Gasteiger partial charge in [0.15, 0.2) is 6.61 Å². The number of benzene rings is 2. The summed E-state index contributed by atoms with van der Waals surface area (Å²) in [6, 6.07) is 13.7. The molecule has 0 aliphatic rings. The first-order valence-corrected chi connectivity index (χ1v) is 7.70. The molecule has 0 aromatic heterocycles. The maximum absolute atomic E-state index is 11.8. The van der Waals surface area contributed by atoms with Crippen molar-refractivity contribution in [1.29, 1.82) is 0 Å². The third kappa shape index (κ3) is 6.02. The van der Waals surface area contributed by atoms with E-state index < -0.39 is 0 Å². The number of ether oxygens (including phenoxy) is 2. The van der Waals surface area contributed by atoms with E-state index in [-0.39, 0.29) is 12.5 Å². The monoisotopic (exact) mass is 313 g/mol. The van der Waals surface area contributed by atoms with Crippen molar-refractivity contribution in [2.45, 2.75) is 20.8 Å². The number of amides is 1. The molecular formula is C19H23NO3. The van der Waals surface area contributed by atoms with Gasteiger partial charge in [0.25, 0.3) is 5.91 Å². The predicted octanol–water partition coefficient (Wildman–Crippen LogP) is 3.19. The van der Waals surface area contributed by atoms with E-state index in [1.165, 1.54) is 5.56 Å². The van der Waals surface area contributed by atoms with Crippen molar-refractivity contribution in [2.75, 3.05) is 19.8 Å². The fraction of sp³-hybridized carbons (Fsp3) is 0.316. The molecule has 2 rings (SSSR count). The first-order chi connectivity index (χ1) is 11.0. The first-order valence-electron chi connectivity index (χ1n) is 7.70. The van der Waals surface area contributed by atoms with E-state index >= 15 is 0 Å². The van der Waals surface area contributed by atoms with Gasteiger partial charge in [-0.05, 0) is 56.2 Å². The van der Waals surface area contributed by atoms with Gasteiger partial charge in [-0.2, -0.15) is 0 Å². The Balaban J connectivity index is 1.66.